The second-order valence-corrected chi connectivity index (χ2v) is 6.29. The van der Waals surface area contributed by atoms with Crippen molar-refractivity contribution in [3.8, 4) is 0 Å². The van der Waals surface area contributed by atoms with Crippen molar-refractivity contribution < 1.29 is 0 Å². The maximum absolute atomic E-state index is 6.05. The molecule has 0 bridgehead atoms. The van der Waals surface area contributed by atoms with Crippen molar-refractivity contribution in [3.63, 3.8) is 0 Å². The Hall–Kier alpha value is -0.530. The second-order valence-electron chi connectivity index (χ2n) is 5.85. The van der Waals surface area contributed by atoms with E-state index in [1.165, 1.54) is 49.7 Å². The molecule has 1 nitrogen and oxygen atoms in total. The molecule has 0 aromatic heterocycles. The normalized spacial score (nSPS) is 19.4. The van der Waals surface area contributed by atoms with Gasteiger partial charge in [0, 0.05) is 17.1 Å². The molecule has 1 aromatic carbocycles. The van der Waals surface area contributed by atoms with Gasteiger partial charge in [-0.15, -0.1) is 0 Å². The number of fused-ring (bicyclic) bond motifs is 1. The Bertz CT molecular complexity index is 402. The number of unbranched alkanes of at least 4 members (excludes halogenated alkanes) is 3. The van der Waals surface area contributed by atoms with Crippen molar-refractivity contribution >= 4 is 11.6 Å². The molecule has 0 fully saturated rings. The molecular weight excluding hydrogens is 254 g/mol. The Morgan fingerprint density at radius 3 is 2.95 bits per heavy atom. The highest BCUT2D eigenvalue weighted by molar-refractivity contribution is 6.30. The average Bonchev–Trinajstić information content (AvgIpc) is 2.77. The summed E-state index contributed by atoms with van der Waals surface area (Å²) in [5.74, 6) is 0. The first kappa shape index (κ1) is 14.9. The first-order chi connectivity index (χ1) is 9.20. The van der Waals surface area contributed by atoms with Crippen LogP contribution in [0, 0.1) is 0 Å². The van der Waals surface area contributed by atoms with Crippen LogP contribution in [-0.4, -0.2) is 6.04 Å². The van der Waals surface area contributed by atoms with Gasteiger partial charge in [-0.3, -0.25) is 0 Å². The molecule has 1 aliphatic carbocycles. The van der Waals surface area contributed by atoms with Gasteiger partial charge in [0.05, 0.1) is 0 Å². The highest BCUT2D eigenvalue weighted by Gasteiger charge is 2.23. The minimum absolute atomic E-state index is 0.536. The van der Waals surface area contributed by atoms with Crippen molar-refractivity contribution in [3.05, 3.63) is 34.3 Å². The van der Waals surface area contributed by atoms with Crippen molar-refractivity contribution in [2.24, 2.45) is 0 Å². The predicted molar refractivity (Wildman–Crippen MR) is 83.9 cm³/mol. The molecule has 0 amide bonds. The third kappa shape index (κ3) is 4.22. The molecule has 1 N–H and O–H groups in total. The van der Waals surface area contributed by atoms with Crippen molar-refractivity contribution in [2.45, 2.75) is 70.9 Å². The number of hydrogen-bond acceptors (Lipinski definition) is 1. The molecule has 0 saturated heterocycles. The zero-order valence-corrected chi connectivity index (χ0v) is 13.0. The topological polar surface area (TPSA) is 12.0 Å². The smallest absolute Gasteiger partial charge is 0.0408 e. The van der Waals surface area contributed by atoms with Gasteiger partial charge in [-0.05, 0) is 49.4 Å². The van der Waals surface area contributed by atoms with Gasteiger partial charge in [0.1, 0.15) is 0 Å². The molecular formula is C17H26ClN. The molecule has 0 heterocycles. The zero-order chi connectivity index (χ0) is 13.7. The van der Waals surface area contributed by atoms with Crippen LogP contribution >= 0.6 is 11.6 Å². The first-order valence-electron chi connectivity index (χ1n) is 7.75. The molecule has 2 atom stereocenters. The summed E-state index contributed by atoms with van der Waals surface area (Å²) in [7, 11) is 0. The van der Waals surface area contributed by atoms with E-state index in [0.717, 1.165) is 11.4 Å². The number of hydrogen-bond donors (Lipinski definition) is 1. The summed E-state index contributed by atoms with van der Waals surface area (Å²) in [5, 5.41) is 4.66. The Morgan fingerprint density at radius 1 is 1.32 bits per heavy atom. The fourth-order valence-electron chi connectivity index (χ4n) is 3.06. The van der Waals surface area contributed by atoms with Crippen LogP contribution in [0.15, 0.2) is 18.2 Å². The van der Waals surface area contributed by atoms with Crippen LogP contribution in [0.4, 0.5) is 0 Å². The van der Waals surface area contributed by atoms with Gasteiger partial charge < -0.3 is 5.32 Å². The van der Waals surface area contributed by atoms with Crippen LogP contribution in [0.2, 0.25) is 5.02 Å². The van der Waals surface area contributed by atoms with Crippen molar-refractivity contribution in [2.75, 3.05) is 0 Å². The van der Waals surface area contributed by atoms with E-state index in [9.17, 15) is 0 Å². The quantitative estimate of drug-likeness (QED) is 0.670. The largest absolute Gasteiger partial charge is 0.307 e. The van der Waals surface area contributed by atoms with Crippen molar-refractivity contribution in [1.82, 2.24) is 5.32 Å². The summed E-state index contributed by atoms with van der Waals surface area (Å²) in [5.41, 5.74) is 2.90. The molecule has 1 aliphatic rings. The van der Waals surface area contributed by atoms with Gasteiger partial charge in [0.2, 0.25) is 0 Å². The third-order valence-corrected chi connectivity index (χ3v) is 4.39. The van der Waals surface area contributed by atoms with Crippen LogP contribution in [0.1, 0.15) is 69.5 Å². The highest BCUT2D eigenvalue weighted by atomic mass is 35.5. The van der Waals surface area contributed by atoms with E-state index in [0.29, 0.717) is 12.1 Å². The van der Waals surface area contributed by atoms with E-state index < -0.39 is 0 Å². The Balaban J connectivity index is 1.81. The molecule has 0 spiro atoms. The maximum atomic E-state index is 6.05. The molecule has 2 unspecified atom stereocenters. The summed E-state index contributed by atoms with van der Waals surface area (Å²) < 4.78 is 0. The molecule has 2 heteroatoms. The summed E-state index contributed by atoms with van der Waals surface area (Å²) >= 11 is 6.05. The van der Waals surface area contributed by atoms with Gasteiger partial charge >= 0.3 is 0 Å². The van der Waals surface area contributed by atoms with Crippen LogP contribution in [0.3, 0.4) is 0 Å². The fourth-order valence-corrected chi connectivity index (χ4v) is 3.26. The number of aryl methyl sites for hydroxylation is 1. The monoisotopic (exact) mass is 279 g/mol. The maximum Gasteiger partial charge on any atom is 0.0408 e. The van der Waals surface area contributed by atoms with Crippen LogP contribution in [0.5, 0.6) is 0 Å². The minimum Gasteiger partial charge on any atom is -0.307 e. The SMILES string of the molecule is CCCCCCC(C)NC1CCc2cc(Cl)ccc21. The zero-order valence-electron chi connectivity index (χ0n) is 12.2. The highest BCUT2D eigenvalue weighted by Crippen LogP contribution is 2.33. The standard InChI is InChI=1S/C17H26ClN/c1-3-4-5-6-7-13(2)19-17-11-8-14-12-15(18)9-10-16(14)17/h9-10,12-13,17,19H,3-8,11H2,1-2H3. The Kier molecular flexibility index (Phi) is 5.72. The third-order valence-electron chi connectivity index (χ3n) is 4.16. The number of rotatable bonds is 7. The molecule has 0 saturated carbocycles. The van der Waals surface area contributed by atoms with E-state index in [2.05, 4.69) is 31.3 Å². The predicted octanol–water partition coefficient (Wildman–Crippen LogP) is 5.28. The lowest BCUT2D eigenvalue weighted by atomic mass is 10.0. The van der Waals surface area contributed by atoms with Gasteiger partial charge in [-0.1, -0.05) is 50.3 Å². The number of halogens is 1. The second kappa shape index (κ2) is 7.31. The van der Waals surface area contributed by atoms with Crippen LogP contribution < -0.4 is 5.32 Å². The number of benzene rings is 1. The molecule has 106 valence electrons. The van der Waals surface area contributed by atoms with E-state index in [1.807, 2.05) is 6.07 Å². The van der Waals surface area contributed by atoms with Crippen LogP contribution in [0.25, 0.3) is 0 Å². The van der Waals surface area contributed by atoms with E-state index in [-0.39, 0.29) is 0 Å². The molecule has 19 heavy (non-hydrogen) atoms. The van der Waals surface area contributed by atoms with Gasteiger partial charge in [0.25, 0.3) is 0 Å². The van der Waals surface area contributed by atoms with E-state index >= 15 is 0 Å². The molecule has 0 radical (unpaired) electrons. The molecule has 0 aliphatic heterocycles. The number of nitrogens with one attached hydrogen (secondary N) is 1. The lowest BCUT2D eigenvalue weighted by Crippen LogP contribution is -2.29. The van der Waals surface area contributed by atoms with E-state index in [4.69, 9.17) is 11.6 Å². The van der Waals surface area contributed by atoms with Gasteiger partial charge in [-0.2, -0.15) is 0 Å². The Labute approximate surface area is 122 Å². The average molecular weight is 280 g/mol. The summed E-state index contributed by atoms with van der Waals surface area (Å²) in [6, 6.07) is 7.50. The summed E-state index contributed by atoms with van der Waals surface area (Å²) in [4.78, 5) is 0. The summed E-state index contributed by atoms with van der Waals surface area (Å²) in [6.45, 7) is 4.59. The molecule has 1 aromatic rings. The lowest BCUT2D eigenvalue weighted by molar-refractivity contribution is 0.419. The Morgan fingerprint density at radius 2 is 2.16 bits per heavy atom. The van der Waals surface area contributed by atoms with Crippen molar-refractivity contribution in [1.29, 1.82) is 0 Å². The van der Waals surface area contributed by atoms with Gasteiger partial charge in [-0.25, -0.2) is 0 Å². The molecule has 2 rings (SSSR count). The van der Waals surface area contributed by atoms with Crippen LogP contribution in [-0.2, 0) is 6.42 Å². The minimum atomic E-state index is 0.536. The summed E-state index contributed by atoms with van der Waals surface area (Å²) in [6.07, 6.45) is 9.09. The fraction of sp³-hybridized carbons (Fsp3) is 0.647. The first-order valence-corrected chi connectivity index (χ1v) is 8.13. The van der Waals surface area contributed by atoms with Gasteiger partial charge in [0.15, 0.2) is 0 Å². The van der Waals surface area contributed by atoms with E-state index in [1.54, 1.807) is 0 Å². The lowest BCUT2D eigenvalue weighted by Gasteiger charge is -2.20.